The van der Waals surface area contributed by atoms with Crippen molar-refractivity contribution < 1.29 is 13.6 Å². The van der Waals surface area contributed by atoms with E-state index >= 15 is 0 Å². The minimum Gasteiger partial charge on any atom is -0.329 e. The number of amides is 1. The molecule has 2 rings (SSSR count). The lowest BCUT2D eigenvalue weighted by atomic mass is 10.2. The number of likely N-dealkylation sites (tertiary alicyclic amines) is 1. The number of nitrogens with zero attached hydrogens (tertiary/aromatic N) is 1. The molecular weight excluding hydrogens is 252 g/mol. The van der Waals surface area contributed by atoms with Gasteiger partial charge in [-0.25, -0.2) is 8.78 Å². The van der Waals surface area contributed by atoms with E-state index < -0.39 is 11.6 Å². The molecule has 19 heavy (non-hydrogen) atoms. The van der Waals surface area contributed by atoms with E-state index in [1.807, 2.05) is 4.90 Å². The van der Waals surface area contributed by atoms with Crippen LogP contribution in [0.2, 0.25) is 0 Å². The minimum atomic E-state index is -0.647. The molecule has 1 aliphatic rings. The first-order valence-electron chi connectivity index (χ1n) is 6.29. The van der Waals surface area contributed by atoms with E-state index in [9.17, 15) is 13.6 Å². The maximum atomic E-state index is 13.4. The van der Waals surface area contributed by atoms with Crippen molar-refractivity contribution >= 4 is 11.6 Å². The van der Waals surface area contributed by atoms with Crippen LogP contribution >= 0.6 is 0 Å². The molecule has 0 aliphatic carbocycles. The van der Waals surface area contributed by atoms with Gasteiger partial charge in [0, 0.05) is 18.7 Å². The minimum absolute atomic E-state index is 0.131. The summed E-state index contributed by atoms with van der Waals surface area (Å²) in [6.45, 7) is 1.46. The Balaban J connectivity index is 1.95. The van der Waals surface area contributed by atoms with Crippen LogP contribution < -0.4 is 11.1 Å². The van der Waals surface area contributed by atoms with Crippen molar-refractivity contribution in [3.05, 3.63) is 29.8 Å². The fourth-order valence-corrected chi connectivity index (χ4v) is 2.34. The molecule has 4 nitrogen and oxygen atoms in total. The predicted octanol–water partition coefficient (Wildman–Crippen LogP) is 1.33. The largest absolute Gasteiger partial charge is 0.329 e. The molecule has 0 aromatic heterocycles. The first-order valence-corrected chi connectivity index (χ1v) is 6.29. The highest BCUT2D eigenvalue weighted by atomic mass is 19.1. The van der Waals surface area contributed by atoms with E-state index in [1.165, 1.54) is 0 Å². The Kier molecular flexibility index (Phi) is 4.44. The molecule has 1 heterocycles. The van der Waals surface area contributed by atoms with Gasteiger partial charge in [0.1, 0.15) is 11.6 Å². The van der Waals surface area contributed by atoms with Gasteiger partial charge in [0.15, 0.2) is 0 Å². The van der Waals surface area contributed by atoms with Crippen molar-refractivity contribution in [3.63, 3.8) is 0 Å². The highest BCUT2D eigenvalue weighted by Crippen LogP contribution is 2.17. The quantitative estimate of drug-likeness (QED) is 0.867. The third kappa shape index (κ3) is 3.48. The van der Waals surface area contributed by atoms with Gasteiger partial charge in [-0.3, -0.25) is 9.69 Å². The normalized spacial score (nSPS) is 19.6. The summed E-state index contributed by atoms with van der Waals surface area (Å²) >= 11 is 0. The standard InChI is InChI=1S/C13H17F2N3O/c14-9-3-4-11(15)12(6-9)17-13(19)8-18-5-1-2-10(18)7-16/h3-4,6,10H,1-2,5,7-8,16H2,(H,17,19). The van der Waals surface area contributed by atoms with Crippen LogP contribution in [0.5, 0.6) is 0 Å². The van der Waals surface area contributed by atoms with Crippen molar-refractivity contribution in [2.75, 3.05) is 25.0 Å². The van der Waals surface area contributed by atoms with Gasteiger partial charge in [-0.05, 0) is 31.5 Å². The lowest BCUT2D eigenvalue weighted by Crippen LogP contribution is -2.40. The van der Waals surface area contributed by atoms with Gasteiger partial charge in [0.25, 0.3) is 0 Å². The van der Waals surface area contributed by atoms with Crippen molar-refractivity contribution in [1.29, 1.82) is 0 Å². The Morgan fingerprint density at radius 2 is 2.26 bits per heavy atom. The van der Waals surface area contributed by atoms with E-state index in [0.29, 0.717) is 6.54 Å². The summed E-state index contributed by atoms with van der Waals surface area (Å²) in [6.07, 6.45) is 1.97. The molecule has 0 bridgehead atoms. The van der Waals surface area contributed by atoms with Crippen molar-refractivity contribution in [3.8, 4) is 0 Å². The molecule has 1 aliphatic heterocycles. The molecule has 1 aromatic carbocycles. The number of benzene rings is 1. The second kappa shape index (κ2) is 6.08. The zero-order valence-electron chi connectivity index (χ0n) is 10.5. The molecule has 0 spiro atoms. The van der Waals surface area contributed by atoms with E-state index in [-0.39, 0.29) is 24.2 Å². The fourth-order valence-electron chi connectivity index (χ4n) is 2.34. The Bertz CT molecular complexity index is 467. The number of nitrogens with two attached hydrogens (primary N) is 1. The first kappa shape index (κ1) is 13.9. The summed E-state index contributed by atoms with van der Waals surface area (Å²) in [7, 11) is 0. The zero-order chi connectivity index (χ0) is 13.8. The molecular formula is C13H17F2N3O. The van der Waals surface area contributed by atoms with Gasteiger partial charge < -0.3 is 11.1 Å². The summed E-state index contributed by atoms with van der Waals surface area (Å²) in [4.78, 5) is 13.8. The van der Waals surface area contributed by atoms with Crippen molar-refractivity contribution in [2.24, 2.45) is 5.73 Å². The second-order valence-electron chi connectivity index (χ2n) is 4.67. The fraction of sp³-hybridized carbons (Fsp3) is 0.462. The van der Waals surface area contributed by atoms with Gasteiger partial charge in [0.05, 0.1) is 12.2 Å². The van der Waals surface area contributed by atoms with Crippen LogP contribution in [0.15, 0.2) is 18.2 Å². The van der Waals surface area contributed by atoms with E-state index in [4.69, 9.17) is 5.73 Å². The average molecular weight is 269 g/mol. The SMILES string of the molecule is NCC1CCCN1CC(=O)Nc1cc(F)ccc1F. The number of anilines is 1. The number of carbonyl (C=O) groups excluding carboxylic acids is 1. The molecule has 1 atom stereocenters. The molecule has 0 radical (unpaired) electrons. The van der Waals surface area contributed by atoms with Gasteiger partial charge in [-0.1, -0.05) is 0 Å². The molecule has 6 heteroatoms. The summed E-state index contributed by atoms with van der Waals surface area (Å²) < 4.78 is 26.3. The zero-order valence-corrected chi connectivity index (χ0v) is 10.5. The van der Waals surface area contributed by atoms with Gasteiger partial charge in [-0.2, -0.15) is 0 Å². The Labute approximate surface area is 110 Å². The smallest absolute Gasteiger partial charge is 0.238 e. The molecule has 1 fully saturated rings. The van der Waals surface area contributed by atoms with Gasteiger partial charge >= 0.3 is 0 Å². The first-order chi connectivity index (χ1) is 9.10. The topological polar surface area (TPSA) is 58.4 Å². The molecule has 0 saturated carbocycles. The number of nitrogens with one attached hydrogen (secondary N) is 1. The third-order valence-electron chi connectivity index (χ3n) is 3.32. The van der Waals surface area contributed by atoms with Crippen LogP contribution in [0.1, 0.15) is 12.8 Å². The van der Waals surface area contributed by atoms with E-state index in [2.05, 4.69) is 5.32 Å². The van der Waals surface area contributed by atoms with Crippen LogP contribution in [-0.4, -0.2) is 36.5 Å². The van der Waals surface area contributed by atoms with Crippen LogP contribution in [0, 0.1) is 11.6 Å². The molecule has 1 aromatic rings. The predicted molar refractivity (Wildman–Crippen MR) is 68.6 cm³/mol. The molecule has 1 amide bonds. The maximum Gasteiger partial charge on any atom is 0.238 e. The van der Waals surface area contributed by atoms with Crippen molar-refractivity contribution in [2.45, 2.75) is 18.9 Å². The highest BCUT2D eigenvalue weighted by Gasteiger charge is 2.25. The van der Waals surface area contributed by atoms with Crippen LogP contribution in [-0.2, 0) is 4.79 Å². The number of hydrogen-bond acceptors (Lipinski definition) is 3. The molecule has 1 saturated heterocycles. The Morgan fingerprint density at radius 3 is 3.00 bits per heavy atom. The molecule has 1 unspecified atom stereocenters. The Hall–Kier alpha value is -1.53. The summed E-state index contributed by atoms with van der Waals surface area (Å²) in [5.74, 6) is -1.59. The number of halogens is 2. The lowest BCUT2D eigenvalue weighted by molar-refractivity contribution is -0.117. The monoisotopic (exact) mass is 269 g/mol. The van der Waals surface area contributed by atoms with E-state index in [1.54, 1.807) is 0 Å². The van der Waals surface area contributed by atoms with Crippen LogP contribution in [0.3, 0.4) is 0 Å². The van der Waals surface area contributed by atoms with Crippen LogP contribution in [0.4, 0.5) is 14.5 Å². The Morgan fingerprint density at radius 1 is 1.47 bits per heavy atom. The summed E-state index contributed by atoms with van der Waals surface area (Å²) in [5, 5.41) is 2.39. The van der Waals surface area contributed by atoms with Crippen LogP contribution in [0.25, 0.3) is 0 Å². The second-order valence-corrected chi connectivity index (χ2v) is 4.67. The highest BCUT2D eigenvalue weighted by molar-refractivity contribution is 5.92. The van der Waals surface area contributed by atoms with E-state index in [0.717, 1.165) is 37.6 Å². The number of hydrogen-bond donors (Lipinski definition) is 2. The van der Waals surface area contributed by atoms with Gasteiger partial charge in [-0.15, -0.1) is 0 Å². The number of rotatable bonds is 4. The number of carbonyl (C=O) groups is 1. The maximum absolute atomic E-state index is 13.4. The summed E-state index contributed by atoms with van der Waals surface area (Å²) in [6, 6.07) is 3.17. The lowest BCUT2D eigenvalue weighted by Gasteiger charge is -2.22. The van der Waals surface area contributed by atoms with Crippen molar-refractivity contribution in [1.82, 2.24) is 4.90 Å². The average Bonchev–Trinajstić information content (AvgIpc) is 2.81. The summed E-state index contributed by atoms with van der Waals surface area (Å²) in [5.41, 5.74) is 5.48. The molecule has 104 valence electrons. The molecule has 3 N–H and O–H groups in total. The van der Waals surface area contributed by atoms with Gasteiger partial charge in [0.2, 0.25) is 5.91 Å². The third-order valence-corrected chi connectivity index (χ3v) is 3.32.